The molecule has 1 aromatic heterocycles. The molecular formula is C37H38N2O6. The molecule has 45 heavy (non-hydrogen) atoms. The lowest BCUT2D eigenvalue weighted by Gasteiger charge is -2.21. The maximum absolute atomic E-state index is 13.2. The van der Waals surface area contributed by atoms with Crippen molar-refractivity contribution >= 4 is 29.4 Å². The standard InChI is InChI=1S/C37H38N2O6/c1-43-37(42)34(38-33-13-6-5-12-32(33)36(41)29-9-3-2-4-10-29)25-27-16-18-31(19-17-27)45-24-8-22-39(26-28-14-15-28)35(40)21-20-30-11-7-23-44-30/h2-7,9-13,16-21,23,28,34,38H,8,14-15,22,24-26H2,1H3/b21-20+/t34-/m0/s1. The molecule has 0 unspecified atom stereocenters. The van der Waals surface area contributed by atoms with E-state index in [4.69, 9.17) is 13.9 Å². The van der Waals surface area contributed by atoms with Gasteiger partial charge in [0.2, 0.25) is 5.91 Å². The number of amides is 1. The number of carbonyl (C=O) groups is 3. The van der Waals surface area contributed by atoms with E-state index in [1.807, 2.05) is 59.5 Å². The number of anilines is 1. The summed E-state index contributed by atoms with van der Waals surface area (Å²) in [5.74, 6) is 1.36. The summed E-state index contributed by atoms with van der Waals surface area (Å²) in [6.07, 6.45) is 8.23. The summed E-state index contributed by atoms with van der Waals surface area (Å²) < 4.78 is 16.3. The highest BCUT2D eigenvalue weighted by atomic mass is 16.5. The van der Waals surface area contributed by atoms with Gasteiger partial charge in [0.25, 0.3) is 0 Å². The predicted molar refractivity (Wildman–Crippen MR) is 173 cm³/mol. The quantitative estimate of drug-likeness (QED) is 0.0680. The number of furan rings is 1. The topological polar surface area (TPSA) is 98.1 Å². The van der Waals surface area contributed by atoms with Crippen molar-refractivity contribution in [2.45, 2.75) is 31.7 Å². The molecule has 3 aromatic carbocycles. The lowest BCUT2D eigenvalue weighted by Crippen LogP contribution is -2.33. The molecule has 8 heteroatoms. The number of methoxy groups -OCH3 is 1. The van der Waals surface area contributed by atoms with E-state index in [9.17, 15) is 14.4 Å². The summed E-state index contributed by atoms with van der Waals surface area (Å²) >= 11 is 0. The summed E-state index contributed by atoms with van der Waals surface area (Å²) in [5, 5.41) is 3.24. The van der Waals surface area contributed by atoms with Gasteiger partial charge in [0, 0.05) is 42.4 Å². The monoisotopic (exact) mass is 606 g/mol. The Morgan fingerprint density at radius 1 is 0.956 bits per heavy atom. The van der Waals surface area contributed by atoms with Crippen LogP contribution >= 0.6 is 0 Å². The van der Waals surface area contributed by atoms with Gasteiger partial charge in [-0.3, -0.25) is 9.59 Å². The number of nitrogens with zero attached hydrogens (tertiary/aromatic N) is 1. The van der Waals surface area contributed by atoms with Crippen LogP contribution in [0.15, 0.2) is 108 Å². The van der Waals surface area contributed by atoms with Crippen molar-refractivity contribution in [1.29, 1.82) is 0 Å². The summed E-state index contributed by atoms with van der Waals surface area (Å²) in [5.41, 5.74) is 2.52. The fourth-order valence-electron chi connectivity index (χ4n) is 5.03. The molecule has 1 aliphatic rings. The average Bonchev–Trinajstić information content (AvgIpc) is 3.75. The van der Waals surface area contributed by atoms with Gasteiger partial charge in [-0.05, 0) is 73.2 Å². The second kappa shape index (κ2) is 15.6. The van der Waals surface area contributed by atoms with Gasteiger partial charge in [-0.1, -0.05) is 54.6 Å². The first kappa shape index (κ1) is 31.3. The van der Waals surface area contributed by atoms with Gasteiger partial charge in [0.1, 0.15) is 17.6 Å². The second-order valence-corrected chi connectivity index (χ2v) is 11.1. The maximum atomic E-state index is 13.2. The highest BCUT2D eigenvalue weighted by Gasteiger charge is 2.26. The highest BCUT2D eigenvalue weighted by Crippen LogP contribution is 2.30. The van der Waals surface area contributed by atoms with Crippen molar-refractivity contribution in [2.24, 2.45) is 5.92 Å². The van der Waals surface area contributed by atoms with Crippen molar-refractivity contribution < 1.29 is 28.3 Å². The number of hydrogen-bond donors (Lipinski definition) is 1. The van der Waals surface area contributed by atoms with Crippen LogP contribution in [-0.2, 0) is 20.7 Å². The fourth-order valence-corrected chi connectivity index (χ4v) is 5.03. The molecule has 1 aliphatic carbocycles. The van der Waals surface area contributed by atoms with Crippen LogP contribution in [0.4, 0.5) is 5.69 Å². The lowest BCUT2D eigenvalue weighted by molar-refractivity contribution is -0.141. The molecule has 1 saturated carbocycles. The number of ketones is 1. The maximum Gasteiger partial charge on any atom is 0.328 e. The van der Waals surface area contributed by atoms with E-state index in [-0.39, 0.29) is 11.7 Å². The minimum absolute atomic E-state index is 0.0246. The molecule has 0 bridgehead atoms. The van der Waals surface area contributed by atoms with Crippen LogP contribution in [0, 0.1) is 5.92 Å². The minimum atomic E-state index is -0.705. The lowest BCUT2D eigenvalue weighted by atomic mass is 10.00. The number of hydrogen-bond acceptors (Lipinski definition) is 7. The number of para-hydroxylation sites is 1. The van der Waals surface area contributed by atoms with E-state index in [1.165, 1.54) is 20.0 Å². The summed E-state index contributed by atoms with van der Waals surface area (Å²) in [7, 11) is 1.35. The number of rotatable bonds is 16. The van der Waals surface area contributed by atoms with Crippen molar-refractivity contribution in [3.8, 4) is 5.75 Å². The van der Waals surface area contributed by atoms with Crippen LogP contribution in [-0.4, -0.2) is 55.4 Å². The van der Waals surface area contributed by atoms with Crippen LogP contribution in [0.1, 0.15) is 46.5 Å². The Morgan fingerprint density at radius 3 is 2.42 bits per heavy atom. The Morgan fingerprint density at radius 2 is 1.71 bits per heavy atom. The first-order chi connectivity index (χ1) is 22.0. The summed E-state index contributed by atoms with van der Waals surface area (Å²) in [6, 6.07) is 26.7. The molecule has 1 atom stereocenters. The van der Waals surface area contributed by atoms with Crippen LogP contribution in [0.5, 0.6) is 5.75 Å². The van der Waals surface area contributed by atoms with E-state index in [0.29, 0.717) is 60.2 Å². The van der Waals surface area contributed by atoms with E-state index in [1.54, 1.807) is 54.8 Å². The SMILES string of the molecule is COC(=O)[C@H](Cc1ccc(OCCCN(CC2CC2)C(=O)/C=C/c2ccco2)cc1)Nc1ccccc1C(=O)c1ccccc1. The minimum Gasteiger partial charge on any atom is -0.494 e. The molecular weight excluding hydrogens is 568 g/mol. The first-order valence-corrected chi connectivity index (χ1v) is 15.3. The molecule has 0 spiro atoms. The number of carbonyl (C=O) groups excluding carboxylic acids is 3. The van der Waals surface area contributed by atoms with E-state index in [0.717, 1.165) is 12.1 Å². The Balaban J connectivity index is 1.15. The average molecular weight is 607 g/mol. The van der Waals surface area contributed by atoms with Crippen molar-refractivity contribution in [3.63, 3.8) is 0 Å². The molecule has 8 nitrogen and oxygen atoms in total. The van der Waals surface area contributed by atoms with Crippen LogP contribution < -0.4 is 10.1 Å². The van der Waals surface area contributed by atoms with Crippen molar-refractivity contribution in [3.05, 3.63) is 126 Å². The third-order valence-electron chi connectivity index (χ3n) is 7.65. The zero-order chi connectivity index (χ0) is 31.4. The van der Waals surface area contributed by atoms with E-state index < -0.39 is 12.0 Å². The number of esters is 1. The Bertz CT molecular complexity index is 1580. The molecule has 1 heterocycles. The molecule has 0 radical (unpaired) electrons. The number of nitrogens with one attached hydrogen (secondary N) is 1. The smallest absolute Gasteiger partial charge is 0.328 e. The van der Waals surface area contributed by atoms with Crippen molar-refractivity contribution in [2.75, 3.05) is 32.1 Å². The highest BCUT2D eigenvalue weighted by molar-refractivity contribution is 6.12. The number of ether oxygens (including phenoxy) is 2. The normalized spacial score (nSPS) is 13.3. The molecule has 232 valence electrons. The van der Waals surface area contributed by atoms with Crippen LogP contribution in [0.3, 0.4) is 0 Å². The van der Waals surface area contributed by atoms with Gasteiger partial charge in [0.05, 0.1) is 20.0 Å². The van der Waals surface area contributed by atoms with E-state index >= 15 is 0 Å². The summed E-state index contributed by atoms with van der Waals surface area (Å²) in [4.78, 5) is 40.6. The Labute approximate surface area is 263 Å². The first-order valence-electron chi connectivity index (χ1n) is 15.3. The van der Waals surface area contributed by atoms with Crippen LogP contribution in [0.2, 0.25) is 0 Å². The molecule has 0 aliphatic heterocycles. The van der Waals surface area contributed by atoms with Gasteiger partial charge in [-0.15, -0.1) is 0 Å². The molecule has 4 aromatic rings. The predicted octanol–water partition coefficient (Wildman–Crippen LogP) is 6.43. The zero-order valence-electron chi connectivity index (χ0n) is 25.4. The largest absolute Gasteiger partial charge is 0.494 e. The Kier molecular flexibility index (Phi) is 10.8. The van der Waals surface area contributed by atoms with Gasteiger partial charge in [0.15, 0.2) is 5.78 Å². The van der Waals surface area contributed by atoms with Crippen LogP contribution in [0.25, 0.3) is 6.08 Å². The molecule has 1 fully saturated rings. The molecule has 1 amide bonds. The third kappa shape index (κ3) is 9.19. The second-order valence-electron chi connectivity index (χ2n) is 11.1. The van der Waals surface area contributed by atoms with E-state index in [2.05, 4.69) is 5.32 Å². The van der Waals surface area contributed by atoms with Crippen molar-refractivity contribution in [1.82, 2.24) is 4.90 Å². The fraction of sp³-hybridized carbons (Fsp3) is 0.270. The van der Waals surface area contributed by atoms with Gasteiger partial charge in [-0.2, -0.15) is 0 Å². The summed E-state index contributed by atoms with van der Waals surface area (Å²) in [6.45, 7) is 1.83. The number of benzene rings is 3. The van der Waals surface area contributed by atoms with Gasteiger partial charge in [-0.25, -0.2) is 4.79 Å². The van der Waals surface area contributed by atoms with Gasteiger partial charge < -0.3 is 24.1 Å². The zero-order valence-corrected chi connectivity index (χ0v) is 25.4. The molecule has 0 saturated heterocycles. The van der Waals surface area contributed by atoms with Gasteiger partial charge >= 0.3 is 5.97 Å². The molecule has 1 N–H and O–H groups in total. The molecule has 5 rings (SSSR count). The Hall–Kier alpha value is -5.11. The third-order valence-corrected chi connectivity index (χ3v) is 7.65.